The highest BCUT2D eigenvalue weighted by molar-refractivity contribution is 7.79. The van der Waals surface area contributed by atoms with Crippen LogP contribution in [0.4, 0.5) is 23.1 Å². The van der Waals surface area contributed by atoms with Gasteiger partial charge in [-0.3, -0.25) is 9.00 Å². The van der Waals surface area contributed by atoms with Crippen molar-refractivity contribution < 1.29 is 13.6 Å². The fourth-order valence-corrected chi connectivity index (χ4v) is 4.50. The largest absolute Gasteiger partial charge is 0.768 e. The first-order valence-electron chi connectivity index (χ1n) is 11.1. The Bertz CT molecular complexity index is 1210. The maximum atomic E-state index is 11.9. The Morgan fingerprint density at radius 2 is 2.03 bits per heavy atom. The van der Waals surface area contributed by atoms with Gasteiger partial charge in [-0.15, -0.1) is 0 Å². The molecule has 10 heteroatoms. The van der Waals surface area contributed by atoms with E-state index in [1.165, 1.54) is 6.92 Å². The van der Waals surface area contributed by atoms with E-state index in [4.69, 9.17) is 0 Å². The molecule has 3 aromatic rings. The van der Waals surface area contributed by atoms with Crippen LogP contribution in [-0.4, -0.2) is 31.2 Å². The van der Waals surface area contributed by atoms with E-state index in [1.807, 2.05) is 43.3 Å². The van der Waals surface area contributed by atoms with E-state index in [9.17, 15) is 13.6 Å². The predicted molar refractivity (Wildman–Crippen MR) is 131 cm³/mol. The topological polar surface area (TPSA) is 131 Å². The molecule has 178 valence electrons. The number of carbonyl (C=O) groups excluding carboxylic acids is 1. The third kappa shape index (κ3) is 5.96. The molecule has 1 aliphatic heterocycles. The summed E-state index contributed by atoms with van der Waals surface area (Å²) in [6, 6.07) is 13.0. The van der Waals surface area contributed by atoms with Crippen LogP contribution in [-0.2, 0) is 22.4 Å². The molecule has 2 aromatic carbocycles. The third-order valence-electron chi connectivity index (χ3n) is 5.59. The summed E-state index contributed by atoms with van der Waals surface area (Å²) in [5, 5.41) is 12.5. The Hall–Kier alpha value is -3.34. The highest BCUT2D eigenvalue weighted by atomic mass is 32.2. The highest BCUT2D eigenvalue weighted by Crippen LogP contribution is 2.30. The SMILES string of the molecule is CC(=O)NCc1cccc(Nc2nc(Nc3ccc(C4CCCN4)c(S(=O)[O-])c3)ncc2C)c1. The van der Waals surface area contributed by atoms with Crippen LogP contribution in [0.2, 0.25) is 0 Å². The van der Waals surface area contributed by atoms with Gasteiger partial charge in [0.1, 0.15) is 5.82 Å². The van der Waals surface area contributed by atoms with Gasteiger partial charge in [-0.25, -0.2) is 4.98 Å². The monoisotopic (exact) mass is 479 g/mol. The molecule has 4 N–H and O–H groups in total. The van der Waals surface area contributed by atoms with Gasteiger partial charge < -0.3 is 25.8 Å². The van der Waals surface area contributed by atoms with Crippen LogP contribution >= 0.6 is 0 Å². The lowest BCUT2D eigenvalue weighted by Crippen LogP contribution is -2.18. The Kier molecular flexibility index (Phi) is 7.51. The summed E-state index contributed by atoms with van der Waals surface area (Å²) in [5.41, 5.74) is 4.01. The van der Waals surface area contributed by atoms with Crippen molar-refractivity contribution in [2.24, 2.45) is 0 Å². The minimum Gasteiger partial charge on any atom is -0.768 e. The molecule has 4 rings (SSSR count). The minimum absolute atomic E-state index is 0.0507. The Morgan fingerprint density at radius 1 is 1.21 bits per heavy atom. The van der Waals surface area contributed by atoms with Gasteiger partial charge in [0.2, 0.25) is 11.9 Å². The van der Waals surface area contributed by atoms with Gasteiger partial charge in [-0.2, -0.15) is 4.98 Å². The predicted octanol–water partition coefficient (Wildman–Crippen LogP) is 3.57. The zero-order chi connectivity index (χ0) is 24.1. The van der Waals surface area contributed by atoms with Crippen molar-refractivity contribution in [3.05, 3.63) is 65.4 Å². The van der Waals surface area contributed by atoms with E-state index in [0.29, 0.717) is 24.0 Å². The first-order valence-corrected chi connectivity index (χ1v) is 12.1. The van der Waals surface area contributed by atoms with Crippen LogP contribution in [0.3, 0.4) is 0 Å². The Balaban J connectivity index is 1.52. The normalized spacial score (nSPS) is 16.1. The van der Waals surface area contributed by atoms with Gasteiger partial charge >= 0.3 is 0 Å². The van der Waals surface area contributed by atoms with Crippen molar-refractivity contribution >= 4 is 40.1 Å². The van der Waals surface area contributed by atoms with Crippen molar-refractivity contribution in [3.8, 4) is 0 Å². The number of aromatic nitrogens is 2. The van der Waals surface area contributed by atoms with Gasteiger partial charge in [0.15, 0.2) is 0 Å². The molecule has 0 radical (unpaired) electrons. The van der Waals surface area contributed by atoms with Gasteiger partial charge in [0.25, 0.3) is 0 Å². The van der Waals surface area contributed by atoms with E-state index in [0.717, 1.165) is 41.8 Å². The molecule has 1 aromatic heterocycles. The van der Waals surface area contributed by atoms with Crippen LogP contribution in [0, 0.1) is 6.92 Å². The standard InChI is InChI=1S/C24H28N6O3S/c1-15-13-27-24(30-23(15)28-18-6-3-5-17(11-18)14-26-16(2)31)29-19-8-9-20(21-7-4-10-25-21)22(12-19)34(32)33/h3,5-6,8-9,11-13,21,25H,4,7,10,14H2,1-2H3,(H,26,31)(H,32,33)(H2,27,28,29,30)/p-1. The van der Waals surface area contributed by atoms with E-state index in [-0.39, 0.29) is 16.8 Å². The van der Waals surface area contributed by atoms with Crippen molar-refractivity contribution in [2.75, 3.05) is 17.2 Å². The van der Waals surface area contributed by atoms with Crippen molar-refractivity contribution in [1.82, 2.24) is 20.6 Å². The van der Waals surface area contributed by atoms with Crippen molar-refractivity contribution in [3.63, 3.8) is 0 Å². The summed E-state index contributed by atoms with van der Waals surface area (Å²) >= 11 is -2.36. The quantitative estimate of drug-likeness (QED) is 0.361. The van der Waals surface area contributed by atoms with E-state index >= 15 is 0 Å². The number of rotatable bonds is 8. The maximum Gasteiger partial charge on any atom is 0.229 e. The van der Waals surface area contributed by atoms with Crippen LogP contribution in [0.25, 0.3) is 0 Å². The summed E-state index contributed by atoms with van der Waals surface area (Å²) in [6.45, 7) is 4.71. The molecule has 2 unspecified atom stereocenters. The molecule has 1 saturated heterocycles. The maximum absolute atomic E-state index is 11.9. The number of hydrogen-bond acceptors (Lipinski definition) is 8. The van der Waals surface area contributed by atoms with Crippen molar-refractivity contribution in [2.45, 2.75) is 44.2 Å². The lowest BCUT2D eigenvalue weighted by atomic mass is 10.0. The molecule has 9 nitrogen and oxygen atoms in total. The van der Waals surface area contributed by atoms with Crippen LogP contribution in [0.15, 0.2) is 53.6 Å². The number of anilines is 4. The minimum atomic E-state index is -2.36. The summed E-state index contributed by atoms with van der Waals surface area (Å²) in [5.74, 6) is 0.877. The van der Waals surface area contributed by atoms with E-state index in [2.05, 4.69) is 31.2 Å². The molecular formula is C24H27N6O3S-. The third-order valence-corrected chi connectivity index (χ3v) is 6.30. The van der Waals surface area contributed by atoms with Gasteiger partial charge in [-0.05, 0) is 72.8 Å². The molecule has 1 fully saturated rings. The summed E-state index contributed by atoms with van der Waals surface area (Å²) < 4.78 is 23.8. The smallest absolute Gasteiger partial charge is 0.229 e. The summed E-state index contributed by atoms with van der Waals surface area (Å²) in [7, 11) is 0. The fourth-order valence-electron chi connectivity index (χ4n) is 3.87. The van der Waals surface area contributed by atoms with Crippen LogP contribution in [0.1, 0.15) is 42.5 Å². The second kappa shape index (κ2) is 10.7. The highest BCUT2D eigenvalue weighted by Gasteiger charge is 2.20. The van der Waals surface area contributed by atoms with Gasteiger partial charge in [0, 0.05) is 47.5 Å². The lowest BCUT2D eigenvalue weighted by Gasteiger charge is -2.19. The van der Waals surface area contributed by atoms with Gasteiger partial charge in [0.05, 0.1) is 0 Å². The first kappa shape index (κ1) is 23.8. The number of aryl methyl sites for hydroxylation is 1. The molecule has 1 amide bonds. The van der Waals surface area contributed by atoms with Crippen molar-refractivity contribution in [1.29, 1.82) is 0 Å². The van der Waals surface area contributed by atoms with E-state index < -0.39 is 11.1 Å². The Morgan fingerprint density at radius 3 is 2.76 bits per heavy atom. The first-order chi connectivity index (χ1) is 16.4. The molecule has 2 atom stereocenters. The number of hydrogen-bond donors (Lipinski definition) is 4. The number of nitrogens with one attached hydrogen (secondary N) is 4. The lowest BCUT2D eigenvalue weighted by molar-refractivity contribution is -0.119. The molecule has 0 bridgehead atoms. The zero-order valence-corrected chi connectivity index (χ0v) is 19.9. The molecule has 0 aliphatic carbocycles. The summed E-state index contributed by atoms with van der Waals surface area (Å²) in [4.78, 5) is 20.4. The number of nitrogens with zero attached hydrogens (tertiary/aromatic N) is 2. The van der Waals surface area contributed by atoms with Gasteiger partial charge in [-0.1, -0.05) is 18.2 Å². The number of amides is 1. The second-order valence-electron chi connectivity index (χ2n) is 8.22. The molecular weight excluding hydrogens is 452 g/mol. The molecule has 34 heavy (non-hydrogen) atoms. The fraction of sp³-hybridized carbons (Fsp3) is 0.292. The van der Waals surface area contributed by atoms with Crippen LogP contribution < -0.4 is 21.3 Å². The summed E-state index contributed by atoms with van der Waals surface area (Å²) in [6.07, 6.45) is 3.64. The second-order valence-corrected chi connectivity index (χ2v) is 9.13. The zero-order valence-electron chi connectivity index (χ0n) is 19.1. The number of carbonyl (C=O) groups is 1. The average Bonchev–Trinajstić information content (AvgIpc) is 3.35. The average molecular weight is 480 g/mol. The molecule has 0 spiro atoms. The molecule has 1 aliphatic rings. The number of benzene rings is 2. The molecule has 0 saturated carbocycles. The molecule has 2 heterocycles. The Labute approximate surface area is 201 Å². The van der Waals surface area contributed by atoms with E-state index in [1.54, 1.807) is 12.3 Å². The van der Waals surface area contributed by atoms with Crippen LogP contribution in [0.5, 0.6) is 0 Å².